The number of benzene rings is 1. The van der Waals surface area contributed by atoms with E-state index < -0.39 is 5.97 Å². The minimum absolute atomic E-state index is 0.133. The third-order valence-corrected chi connectivity index (χ3v) is 1.78. The molecule has 0 heterocycles. The summed E-state index contributed by atoms with van der Waals surface area (Å²) >= 11 is 2.90. The minimum Gasteiger partial charge on any atom is -0.420 e. The van der Waals surface area contributed by atoms with Crippen molar-refractivity contribution in [2.24, 2.45) is 0 Å². The molecule has 0 bridgehead atoms. The Bertz CT molecular complexity index is 390. The van der Waals surface area contributed by atoms with Gasteiger partial charge in [-0.25, -0.2) is 4.79 Å². The second-order valence-corrected chi connectivity index (χ2v) is 3.55. The van der Waals surface area contributed by atoms with E-state index in [1.807, 2.05) is 0 Å². The molecule has 0 saturated heterocycles. The van der Waals surface area contributed by atoms with Gasteiger partial charge in [-0.3, -0.25) is 0 Å². The summed E-state index contributed by atoms with van der Waals surface area (Å²) in [5.41, 5.74) is 11.9. The molecule has 0 radical (unpaired) electrons. The van der Waals surface area contributed by atoms with Crippen molar-refractivity contribution in [1.82, 2.24) is 0 Å². The van der Waals surface area contributed by atoms with Gasteiger partial charge in [0.15, 0.2) is 5.75 Å². The Balaban J connectivity index is 2.87. The predicted octanol–water partition coefficient (Wildman–Crippen LogP) is 1.66. The van der Waals surface area contributed by atoms with Gasteiger partial charge in [0, 0.05) is 5.69 Å². The van der Waals surface area contributed by atoms with Gasteiger partial charge in [-0.1, -0.05) is 6.58 Å². The number of nitrogens with two attached hydrogens (primary N) is 2. The van der Waals surface area contributed by atoms with Crippen molar-refractivity contribution in [3.05, 3.63) is 29.3 Å². The van der Waals surface area contributed by atoms with Crippen LogP contribution in [-0.4, -0.2) is 5.97 Å². The molecular formula is C9H9BrN2O2. The van der Waals surface area contributed by atoms with E-state index in [1.165, 1.54) is 12.1 Å². The summed E-state index contributed by atoms with van der Waals surface area (Å²) in [7, 11) is 0. The smallest absolute Gasteiger partial charge is 0.350 e. The average molecular weight is 257 g/mol. The summed E-state index contributed by atoms with van der Waals surface area (Å²) in [6.45, 7) is 3.38. The van der Waals surface area contributed by atoms with E-state index in [1.54, 1.807) is 6.07 Å². The van der Waals surface area contributed by atoms with Gasteiger partial charge in [0.25, 0.3) is 0 Å². The summed E-state index contributed by atoms with van der Waals surface area (Å²) in [6.07, 6.45) is 0. The maximum atomic E-state index is 11.1. The standard InChI is InChI=1S/C9H9BrN2O2/c1-5(10)9(13)14-8-3-2-6(11)4-7(8)12/h2-4H,1,11-12H2. The normalized spacial score (nSPS) is 9.50. The molecule has 0 atom stereocenters. The van der Waals surface area contributed by atoms with Crippen LogP contribution in [0.2, 0.25) is 0 Å². The summed E-state index contributed by atoms with van der Waals surface area (Å²) in [4.78, 5) is 11.1. The number of rotatable bonds is 2. The summed E-state index contributed by atoms with van der Waals surface area (Å²) < 4.78 is 5.03. The zero-order valence-electron chi connectivity index (χ0n) is 7.29. The van der Waals surface area contributed by atoms with Crippen LogP contribution in [0.3, 0.4) is 0 Å². The highest BCUT2D eigenvalue weighted by Crippen LogP contribution is 2.24. The van der Waals surface area contributed by atoms with E-state index >= 15 is 0 Å². The first-order valence-electron chi connectivity index (χ1n) is 3.72. The summed E-state index contributed by atoms with van der Waals surface area (Å²) in [5, 5.41) is 0. The third-order valence-electron chi connectivity index (χ3n) is 1.46. The first kappa shape index (κ1) is 10.6. The third kappa shape index (κ3) is 2.50. The van der Waals surface area contributed by atoms with Crippen molar-refractivity contribution < 1.29 is 9.53 Å². The topological polar surface area (TPSA) is 78.3 Å². The molecule has 14 heavy (non-hydrogen) atoms. The zero-order chi connectivity index (χ0) is 10.7. The number of hydrogen-bond acceptors (Lipinski definition) is 4. The molecule has 0 aliphatic carbocycles. The summed E-state index contributed by atoms with van der Waals surface area (Å²) in [5.74, 6) is -0.314. The van der Waals surface area contributed by atoms with Crippen LogP contribution >= 0.6 is 15.9 Å². The van der Waals surface area contributed by atoms with Crippen molar-refractivity contribution in [2.45, 2.75) is 0 Å². The molecule has 0 unspecified atom stereocenters. The molecule has 0 saturated carbocycles. The lowest BCUT2D eigenvalue weighted by Crippen LogP contribution is -2.08. The predicted molar refractivity (Wildman–Crippen MR) is 59.0 cm³/mol. The Kier molecular flexibility index (Phi) is 3.14. The van der Waals surface area contributed by atoms with E-state index in [0.717, 1.165) is 0 Å². The Morgan fingerprint density at radius 3 is 2.57 bits per heavy atom. The van der Waals surface area contributed by atoms with Gasteiger partial charge in [-0.2, -0.15) is 0 Å². The molecule has 0 fully saturated rings. The lowest BCUT2D eigenvalue weighted by atomic mass is 10.2. The SMILES string of the molecule is C=C(Br)C(=O)Oc1ccc(N)cc1N. The monoisotopic (exact) mass is 256 g/mol. The fourth-order valence-electron chi connectivity index (χ4n) is 0.815. The van der Waals surface area contributed by atoms with Crippen LogP contribution in [0.5, 0.6) is 5.75 Å². The van der Waals surface area contributed by atoms with Crippen LogP contribution in [-0.2, 0) is 4.79 Å². The van der Waals surface area contributed by atoms with E-state index in [4.69, 9.17) is 16.2 Å². The van der Waals surface area contributed by atoms with Gasteiger partial charge in [0.2, 0.25) is 0 Å². The molecule has 0 spiro atoms. The Morgan fingerprint density at radius 2 is 2.07 bits per heavy atom. The van der Waals surface area contributed by atoms with Crippen LogP contribution in [0.15, 0.2) is 29.3 Å². The molecule has 1 aromatic rings. The zero-order valence-corrected chi connectivity index (χ0v) is 8.87. The number of carbonyl (C=O) groups excluding carboxylic acids is 1. The second kappa shape index (κ2) is 4.15. The Morgan fingerprint density at radius 1 is 1.43 bits per heavy atom. The molecule has 4 nitrogen and oxygen atoms in total. The van der Waals surface area contributed by atoms with Gasteiger partial charge in [-0.15, -0.1) is 0 Å². The van der Waals surface area contributed by atoms with Gasteiger partial charge < -0.3 is 16.2 Å². The molecular weight excluding hydrogens is 248 g/mol. The number of ether oxygens (including phenoxy) is 1. The molecule has 0 aromatic heterocycles. The number of carbonyl (C=O) groups is 1. The number of halogens is 1. The lowest BCUT2D eigenvalue weighted by Gasteiger charge is -2.06. The van der Waals surface area contributed by atoms with Gasteiger partial charge in [-0.05, 0) is 34.1 Å². The van der Waals surface area contributed by atoms with Crippen LogP contribution in [0.1, 0.15) is 0 Å². The highest BCUT2D eigenvalue weighted by atomic mass is 79.9. The maximum absolute atomic E-state index is 11.1. The highest BCUT2D eigenvalue weighted by molar-refractivity contribution is 9.12. The van der Waals surface area contributed by atoms with Crippen LogP contribution in [0.4, 0.5) is 11.4 Å². The Labute approximate surface area is 89.7 Å². The molecule has 5 heteroatoms. The second-order valence-electron chi connectivity index (χ2n) is 2.59. The first-order valence-corrected chi connectivity index (χ1v) is 4.51. The van der Waals surface area contributed by atoms with E-state index in [0.29, 0.717) is 11.4 Å². The molecule has 74 valence electrons. The molecule has 4 N–H and O–H groups in total. The molecule has 0 amide bonds. The molecule has 0 aliphatic heterocycles. The van der Waals surface area contributed by atoms with Gasteiger partial charge in [0.1, 0.15) is 0 Å². The van der Waals surface area contributed by atoms with Crippen molar-refractivity contribution in [3.8, 4) is 5.75 Å². The van der Waals surface area contributed by atoms with Crippen molar-refractivity contribution in [2.75, 3.05) is 11.5 Å². The van der Waals surface area contributed by atoms with Crippen LogP contribution in [0.25, 0.3) is 0 Å². The van der Waals surface area contributed by atoms with Crippen molar-refractivity contribution in [3.63, 3.8) is 0 Å². The fraction of sp³-hybridized carbons (Fsp3) is 0. The lowest BCUT2D eigenvalue weighted by molar-refractivity contribution is -0.129. The first-order chi connectivity index (χ1) is 6.50. The van der Waals surface area contributed by atoms with Crippen molar-refractivity contribution >= 4 is 33.3 Å². The molecule has 1 rings (SSSR count). The van der Waals surface area contributed by atoms with Crippen LogP contribution < -0.4 is 16.2 Å². The number of nitrogen functional groups attached to an aromatic ring is 2. The van der Waals surface area contributed by atoms with Gasteiger partial charge >= 0.3 is 5.97 Å². The number of hydrogen-bond donors (Lipinski definition) is 2. The largest absolute Gasteiger partial charge is 0.420 e. The molecule has 0 aliphatic rings. The van der Waals surface area contributed by atoms with Gasteiger partial charge in [0.05, 0.1) is 10.2 Å². The van der Waals surface area contributed by atoms with E-state index in [9.17, 15) is 4.79 Å². The van der Waals surface area contributed by atoms with E-state index in [2.05, 4.69) is 22.5 Å². The Hall–Kier alpha value is -1.49. The maximum Gasteiger partial charge on any atom is 0.350 e. The van der Waals surface area contributed by atoms with E-state index in [-0.39, 0.29) is 10.2 Å². The quantitative estimate of drug-likeness (QED) is 0.365. The number of esters is 1. The van der Waals surface area contributed by atoms with Crippen molar-refractivity contribution in [1.29, 1.82) is 0 Å². The average Bonchev–Trinajstić information content (AvgIpc) is 2.09. The highest BCUT2D eigenvalue weighted by Gasteiger charge is 2.09. The number of anilines is 2. The van der Waals surface area contributed by atoms with Crippen LogP contribution in [0, 0.1) is 0 Å². The molecule has 1 aromatic carbocycles. The summed E-state index contributed by atoms with van der Waals surface area (Å²) in [6, 6.07) is 4.63. The fourth-order valence-corrected chi connectivity index (χ4v) is 0.896. The minimum atomic E-state index is -0.582.